The quantitative estimate of drug-likeness (QED) is 0.308. The predicted octanol–water partition coefficient (Wildman–Crippen LogP) is 6.67. The summed E-state index contributed by atoms with van der Waals surface area (Å²) >= 11 is 2.94. The lowest BCUT2D eigenvalue weighted by Gasteiger charge is -2.26. The highest BCUT2D eigenvalue weighted by Crippen LogP contribution is 2.37. The number of amides is 2. The molecule has 2 heterocycles. The lowest BCUT2D eigenvalue weighted by atomic mass is 9.92. The van der Waals surface area contributed by atoms with Gasteiger partial charge in [-0.05, 0) is 48.1 Å². The third-order valence-electron chi connectivity index (χ3n) is 6.22. The van der Waals surface area contributed by atoms with Crippen LogP contribution in [-0.4, -0.2) is 28.5 Å². The smallest absolute Gasteiger partial charge is 0.238 e. The van der Waals surface area contributed by atoms with Crippen molar-refractivity contribution in [3.63, 3.8) is 0 Å². The first-order valence-electron chi connectivity index (χ1n) is 12.8. The van der Waals surface area contributed by atoms with Crippen LogP contribution in [0.1, 0.15) is 55.7 Å². The van der Waals surface area contributed by atoms with E-state index in [1.54, 1.807) is 0 Å². The Morgan fingerprint density at radius 2 is 1.89 bits per heavy atom. The summed E-state index contributed by atoms with van der Waals surface area (Å²) in [7, 11) is 0. The van der Waals surface area contributed by atoms with Crippen LogP contribution in [0.4, 0.5) is 10.7 Å². The zero-order valence-electron chi connectivity index (χ0n) is 22.3. The number of nitrogens with zero attached hydrogens (tertiary/aromatic N) is 2. The Hall–Kier alpha value is -3.12. The number of hydrogen-bond donors (Lipinski definition) is 2. The van der Waals surface area contributed by atoms with Gasteiger partial charge in [0.25, 0.3) is 0 Å². The minimum absolute atomic E-state index is 0.0292. The third-order valence-corrected chi connectivity index (χ3v) is 8.45. The fourth-order valence-corrected chi connectivity index (χ4v) is 6.61. The highest BCUT2D eigenvalue weighted by atomic mass is 32.2. The fourth-order valence-electron chi connectivity index (χ4n) is 4.44. The van der Waals surface area contributed by atoms with Gasteiger partial charge in [-0.2, -0.15) is 5.26 Å². The Kier molecular flexibility index (Phi) is 8.93. The molecule has 0 saturated heterocycles. The summed E-state index contributed by atoms with van der Waals surface area (Å²) in [5.74, 6) is -0.174. The molecule has 1 atom stereocenters. The number of nitrogens with one attached hydrogen (secondary N) is 2. The zero-order valence-corrected chi connectivity index (χ0v) is 24.0. The number of thioether (sulfide) groups is 1. The molecule has 0 fully saturated rings. The second kappa shape index (κ2) is 12.2. The molecule has 3 aromatic rings. The Bertz CT molecular complexity index is 1340. The summed E-state index contributed by atoms with van der Waals surface area (Å²) in [6, 6.07) is 20.3. The Labute approximate surface area is 233 Å². The van der Waals surface area contributed by atoms with E-state index in [4.69, 9.17) is 0 Å². The molecule has 2 N–H and O–H groups in total. The lowest BCUT2D eigenvalue weighted by molar-refractivity contribution is -0.118. The maximum Gasteiger partial charge on any atom is 0.238 e. The summed E-state index contributed by atoms with van der Waals surface area (Å²) in [6.45, 7) is 10.5. The van der Waals surface area contributed by atoms with E-state index in [1.165, 1.54) is 28.7 Å². The van der Waals surface area contributed by atoms with Gasteiger partial charge in [0.05, 0.1) is 10.8 Å². The molecule has 0 saturated carbocycles. The van der Waals surface area contributed by atoms with E-state index in [0.717, 1.165) is 47.1 Å². The van der Waals surface area contributed by atoms with Gasteiger partial charge < -0.3 is 10.6 Å². The molecule has 6 nitrogen and oxygen atoms in total. The van der Waals surface area contributed by atoms with Crippen molar-refractivity contribution >= 4 is 45.6 Å². The summed E-state index contributed by atoms with van der Waals surface area (Å²) in [5.41, 5.74) is 3.56. The Morgan fingerprint density at radius 3 is 2.61 bits per heavy atom. The van der Waals surface area contributed by atoms with Crippen LogP contribution >= 0.6 is 23.1 Å². The zero-order chi connectivity index (χ0) is 27.3. The lowest BCUT2D eigenvalue weighted by Crippen LogP contribution is -2.29. The van der Waals surface area contributed by atoms with Crippen molar-refractivity contribution in [2.75, 3.05) is 17.2 Å². The molecule has 0 radical (unpaired) electrons. The largest absolute Gasteiger partial charge is 0.326 e. The molecule has 8 heteroatoms. The van der Waals surface area contributed by atoms with Gasteiger partial charge in [0.1, 0.15) is 11.1 Å². The number of thiophene rings is 1. The van der Waals surface area contributed by atoms with Crippen molar-refractivity contribution in [2.24, 2.45) is 5.41 Å². The molecule has 4 rings (SSSR count). The van der Waals surface area contributed by atoms with Crippen molar-refractivity contribution < 1.29 is 9.59 Å². The highest BCUT2D eigenvalue weighted by Gasteiger charge is 2.26. The van der Waals surface area contributed by atoms with E-state index in [0.29, 0.717) is 17.0 Å². The van der Waals surface area contributed by atoms with Crippen LogP contribution in [-0.2, 0) is 29.1 Å². The number of anilines is 2. The number of carbonyl (C=O) groups is 2. The van der Waals surface area contributed by atoms with E-state index in [-0.39, 0.29) is 22.5 Å². The van der Waals surface area contributed by atoms with Gasteiger partial charge in [0, 0.05) is 41.5 Å². The molecule has 0 spiro atoms. The first-order valence-corrected chi connectivity index (χ1v) is 14.5. The number of carbonyl (C=O) groups excluding carboxylic acids is 2. The van der Waals surface area contributed by atoms with Crippen LogP contribution in [0.15, 0.2) is 59.5 Å². The normalized spacial score (nSPS) is 14.3. The first kappa shape index (κ1) is 27.9. The monoisotopic (exact) mass is 546 g/mol. The van der Waals surface area contributed by atoms with Crippen molar-refractivity contribution in [2.45, 2.75) is 63.8 Å². The molecule has 2 aromatic carbocycles. The van der Waals surface area contributed by atoms with Gasteiger partial charge in [-0.3, -0.25) is 14.5 Å². The van der Waals surface area contributed by atoms with Crippen molar-refractivity contribution in [3.8, 4) is 6.07 Å². The molecule has 0 bridgehead atoms. The van der Waals surface area contributed by atoms with Crippen molar-refractivity contribution in [1.29, 1.82) is 5.26 Å². The molecule has 2 amide bonds. The van der Waals surface area contributed by atoms with Crippen molar-refractivity contribution in [3.05, 3.63) is 76.2 Å². The summed E-state index contributed by atoms with van der Waals surface area (Å²) in [4.78, 5) is 29.9. The maximum atomic E-state index is 13.1. The van der Waals surface area contributed by atoms with Gasteiger partial charge >= 0.3 is 0 Å². The SMILES string of the molecule is CC(Sc1cccc(NC(=O)CC(C)(C)C)c1)C(=O)Nc1sc2c(c1C#N)CCN(Cc1ccccc1)C2. The van der Waals surface area contributed by atoms with Crippen LogP contribution in [0.3, 0.4) is 0 Å². The van der Waals surface area contributed by atoms with Gasteiger partial charge in [-0.15, -0.1) is 23.1 Å². The van der Waals surface area contributed by atoms with Gasteiger partial charge in [0.2, 0.25) is 11.8 Å². The van der Waals surface area contributed by atoms with E-state index in [2.05, 4.69) is 45.9 Å². The fraction of sp³-hybridized carbons (Fsp3) is 0.367. The van der Waals surface area contributed by atoms with Gasteiger partial charge in [-0.25, -0.2) is 0 Å². The molecule has 1 aliphatic heterocycles. The predicted molar refractivity (Wildman–Crippen MR) is 156 cm³/mol. The van der Waals surface area contributed by atoms with Crippen LogP contribution in [0.5, 0.6) is 0 Å². The second-order valence-electron chi connectivity index (χ2n) is 10.8. The average Bonchev–Trinajstić information content (AvgIpc) is 3.19. The van der Waals surface area contributed by atoms with E-state index in [9.17, 15) is 14.9 Å². The van der Waals surface area contributed by atoms with Crippen LogP contribution in [0, 0.1) is 16.7 Å². The van der Waals surface area contributed by atoms with Crippen molar-refractivity contribution in [1.82, 2.24) is 4.90 Å². The third kappa shape index (κ3) is 7.47. The second-order valence-corrected chi connectivity index (χ2v) is 13.3. The maximum absolute atomic E-state index is 13.1. The number of hydrogen-bond acceptors (Lipinski definition) is 6. The molecule has 1 aliphatic rings. The molecule has 0 aliphatic carbocycles. The highest BCUT2D eigenvalue weighted by molar-refractivity contribution is 8.00. The summed E-state index contributed by atoms with van der Waals surface area (Å²) in [6.07, 6.45) is 1.23. The number of nitriles is 1. The van der Waals surface area contributed by atoms with Crippen LogP contribution in [0.25, 0.3) is 0 Å². The number of benzene rings is 2. The van der Waals surface area contributed by atoms with Crippen LogP contribution < -0.4 is 10.6 Å². The summed E-state index contributed by atoms with van der Waals surface area (Å²) in [5, 5.41) is 16.1. The molecule has 1 unspecified atom stereocenters. The van der Waals surface area contributed by atoms with E-state index < -0.39 is 0 Å². The molecule has 38 heavy (non-hydrogen) atoms. The Morgan fingerprint density at radius 1 is 1.13 bits per heavy atom. The molecular weight excluding hydrogens is 512 g/mol. The molecular formula is C30H34N4O2S2. The first-order chi connectivity index (χ1) is 18.1. The Balaban J connectivity index is 1.38. The average molecular weight is 547 g/mol. The van der Waals surface area contributed by atoms with Gasteiger partial charge in [-0.1, -0.05) is 57.2 Å². The van der Waals surface area contributed by atoms with Gasteiger partial charge in [0.15, 0.2) is 0 Å². The van der Waals surface area contributed by atoms with E-state index >= 15 is 0 Å². The number of fused-ring (bicyclic) bond motifs is 1. The standard InChI is InChI=1S/C30H34N4O2S2/c1-20(37-23-12-8-11-22(15-23)32-27(35)16-30(2,3)4)28(36)33-29-25(17-31)24-13-14-34(19-26(24)38-29)18-21-9-6-5-7-10-21/h5-12,15,20H,13-14,16,18-19H2,1-4H3,(H,32,35)(H,33,36). The van der Waals surface area contributed by atoms with Crippen LogP contribution in [0.2, 0.25) is 0 Å². The number of rotatable bonds is 8. The molecule has 198 valence electrons. The van der Waals surface area contributed by atoms with E-state index in [1.807, 2.05) is 58.0 Å². The molecule has 1 aromatic heterocycles. The topological polar surface area (TPSA) is 85.2 Å². The minimum Gasteiger partial charge on any atom is -0.326 e. The minimum atomic E-state index is -0.379. The summed E-state index contributed by atoms with van der Waals surface area (Å²) < 4.78 is 0.